The largest absolute Gasteiger partial charge is 0.478 e. The van der Waals surface area contributed by atoms with Gasteiger partial charge in [-0.25, -0.2) is 17.6 Å². The van der Waals surface area contributed by atoms with Crippen LogP contribution in [-0.2, 0) is 15.6 Å². The molecule has 0 aliphatic rings. The summed E-state index contributed by atoms with van der Waals surface area (Å²) in [6.45, 7) is 3.81. The molecule has 1 aromatic carbocycles. The fourth-order valence-corrected chi connectivity index (χ4v) is 3.21. The Morgan fingerprint density at radius 2 is 2.00 bits per heavy atom. The van der Waals surface area contributed by atoms with Crippen LogP contribution in [0.1, 0.15) is 36.2 Å². The first-order valence-electron chi connectivity index (χ1n) is 5.93. The molecule has 0 radical (unpaired) electrons. The summed E-state index contributed by atoms with van der Waals surface area (Å²) in [5.41, 5.74) is -0.209. The fraction of sp³-hybridized carbons (Fsp3) is 0.462. The number of hydrogen-bond acceptors (Lipinski definition) is 3. The number of carboxylic acid groups (broad SMARTS) is 1. The summed E-state index contributed by atoms with van der Waals surface area (Å²) in [5.74, 6) is -2.16. The molecule has 0 aliphatic heterocycles. The van der Waals surface area contributed by atoms with Gasteiger partial charge in [-0.1, -0.05) is 13.8 Å². The molecule has 106 valence electrons. The predicted molar refractivity (Wildman–Crippen MR) is 70.3 cm³/mol. The third kappa shape index (κ3) is 4.98. The lowest BCUT2D eigenvalue weighted by atomic mass is 10.1. The molecule has 0 atom stereocenters. The van der Waals surface area contributed by atoms with E-state index in [1.807, 2.05) is 13.8 Å². The molecule has 0 saturated carbocycles. The van der Waals surface area contributed by atoms with E-state index in [0.717, 1.165) is 18.2 Å². The minimum atomic E-state index is -3.43. The number of sulfone groups is 1. The van der Waals surface area contributed by atoms with Crippen LogP contribution < -0.4 is 0 Å². The minimum Gasteiger partial charge on any atom is -0.478 e. The first kappa shape index (κ1) is 15.6. The molecule has 19 heavy (non-hydrogen) atoms. The highest BCUT2D eigenvalue weighted by atomic mass is 32.2. The zero-order valence-electron chi connectivity index (χ0n) is 10.9. The second-order valence-electron chi connectivity index (χ2n) is 4.89. The smallest absolute Gasteiger partial charge is 0.335 e. The summed E-state index contributed by atoms with van der Waals surface area (Å²) in [5, 5.41) is 8.80. The van der Waals surface area contributed by atoms with Crippen molar-refractivity contribution in [2.75, 3.05) is 5.75 Å². The average Bonchev–Trinajstić information content (AvgIpc) is 2.29. The van der Waals surface area contributed by atoms with Crippen LogP contribution in [0.4, 0.5) is 4.39 Å². The second-order valence-corrected chi connectivity index (χ2v) is 7.07. The molecule has 0 heterocycles. The SMILES string of the molecule is CC(C)CCS(=O)(=O)Cc1cc(C(=O)O)ccc1F. The van der Waals surface area contributed by atoms with E-state index in [0.29, 0.717) is 6.42 Å². The molecule has 1 aromatic rings. The maximum Gasteiger partial charge on any atom is 0.335 e. The molecule has 0 aliphatic carbocycles. The summed E-state index contributed by atoms with van der Waals surface area (Å²) in [7, 11) is -3.43. The summed E-state index contributed by atoms with van der Waals surface area (Å²) < 4.78 is 37.2. The van der Waals surface area contributed by atoms with Crippen molar-refractivity contribution in [3.05, 3.63) is 35.1 Å². The Hall–Kier alpha value is -1.43. The molecule has 0 aromatic heterocycles. The number of rotatable bonds is 6. The van der Waals surface area contributed by atoms with Crippen LogP contribution >= 0.6 is 0 Å². The van der Waals surface area contributed by atoms with E-state index in [-0.39, 0.29) is 22.8 Å². The average molecular weight is 288 g/mol. The summed E-state index contributed by atoms with van der Waals surface area (Å²) >= 11 is 0. The Morgan fingerprint density at radius 1 is 1.37 bits per heavy atom. The van der Waals surface area contributed by atoms with E-state index in [1.54, 1.807) is 0 Å². The van der Waals surface area contributed by atoms with Crippen molar-refractivity contribution in [3.8, 4) is 0 Å². The lowest BCUT2D eigenvalue weighted by Crippen LogP contribution is -2.13. The van der Waals surface area contributed by atoms with Gasteiger partial charge in [0, 0.05) is 5.56 Å². The Balaban J connectivity index is 2.92. The zero-order valence-corrected chi connectivity index (χ0v) is 11.7. The molecule has 6 heteroatoms. The van der Waals surface area contributed by atoms with E-state index < -0.39 is 27.4 Å². The minimum absolute atomic E-state index is 0.0264. The van der Waals surface area contributed by atoms with Crippen molar-refractivity contribution in [2.24, 2.45) is 5.92 Å². The number of carbonyl (C=O) groups is 1. The van der Waals surface area contributed by atoms with Crippen LogP contribution in [0, 0.1) is 11.7 Å². The van der Waals surface area contributed by atoms with E-state index in [2.05, 4.69) is 0 Å². The predicted octanol–water partition coefficient (Wildman–Crippen LogP) is 2.48. The molecular formula is C13H17FO4S. The number of hydrogen-bond donors (Lipinski definition) is 1. The van der Waals surface area contributed by atoms with Crippen LogP contribution in [0.2, 0.25) is 0 Å². The lowest BCUT2D eigenvalue weighted by molar-refractivity contribution is 0.0696. The Kier molecular flexibility index (Phi) is 5.05. The monoisotopic (exact) mass is 288 g/mol. The van der Waals surface area contributed by atoms with Gasteiger partial charge in [-0.05, 0) is 30.5 Å². The van der Waals surface area contributed by atoms with Crippen molar-refractivity contribution in [3.63, 3.8) is 0 Å². The van der Waals surface area contributed by atoms with Gasteiger partial charge in [0.25, 0.3) is 0 Å². The van der Waals surface area contributed by atoms with Crippen molar-refractivity contribution < 1.29 is 22.7 Å². The molecule has 0 unspecified atom stereocenters. The number of benzene rings is 1. The van der Waals surface area contributed by atoms with Crippen molar-refractivity contribution in [1.82, 2.24) is 0 Å². The molecule has 0 spiro atoms. The Morgan fingerprint density at radius 3 is 2.53 bits per heavy atom. The highest BCUT2D eigenvalue weighted by molar-refractivity contribution is 7.90. The molecule has 0 amide bonds. The fourth-order valence-electron chi connectivity index (χ4n) is 1.54. The zero-order chi connectivity index (χ0) is 14.6. The van der Waals surface area contributed by atoms with E-state index >= 15 is 0 Å². The first-order chi connectivity index (χ1) is 8.71. The topological polar surface area (TPSA) is 71.4 Å². The van der Waals surface area contributed by atoms with Gasteiger partial charge >= 0.3 is 5.97 Å². The van der Waals surface area contributed by atoms with Gasteiger partial charge in [0.2, 0.25) is 0 Å². The van der Waals surface area contributed by atoms with Crippen molar-refractivity contribution in [1.29, 1.82) is 0 Å². The van der Waals surface area contributed by atoms with Crippen molar-refractivity contribution in [2.45, 2.75) is 26.0 Å². The molecule has 4 nitrogen and oxygen atoms in total. The maximum atomic E-state index is 13.5. The van der Waals surface area contributed by atoms with E-state index in [9.17, 15) is 17.6 Å². The summed E-state index contributed by atoms with van der Waals surface area (Å²) in [6.07, 6.45) is 0.503. The van der Waals surface area contributed by atoms with Gasteiger partial charge in [-0.2, -0.15) is 0 Å². The van der Waals surface area contributed by atoms with Crippen LogP contribution in [-0.4, -0.2) is 25.2 Å². The highest BCUT2D eigenvalue weighted by Crippen LogP contribution is 2.16. The normalized spacial score (nSPS) is 11.8. The van der Waals surface area contributed by atoms with Crippen LogP contribution in [0.15, 0.2) is 18.2 Å². The summed E-state index contributed by atoms with van der Waals surface area (Å²) in [6, 6.07) is 3.17. The van der Waals surface area contributed by atoms with E-state index in [4.69, 9.17) is 5.11 Å². The van der Waals surface area contributed by atoms with Gasteiger partial charge in [0.15, 0.2) is 9.84 Å². The van der Waals surface area contributed by atoms with E-state index in [1.165, 1.54) is 0 Å². The quantitative estimate of drug-likeness (QED) is 0.873. The third-order valence-electron chi connectivity index (χ3n) is 2.67. The molecule has 1 N–H and O–H groups in total. The Labute approximate surface area is 112 Å². The van der Waals surface area contributed by atoms with Crippen LogP contribution in [0.5, 0.6) is 0 Å². The number of aromatic carboxylic acids is 1. The van der Waals surface area contributed by atoms with Crippen LogP contribution in [0.25, 0.3) is 0 Å². The highest BCUT2D eigenvalue weighted by Gasteiger charge is 2.17. The lowest BCUT2D eigenvalue weighted by Gasteiger charge is -2.08. The maximum absolute atomic E-state index is 13.5. The van der Waals surface area contributed by atoms with Gasteiger partial charge in [0.1, 0.15) is 5.82 Å². The van der Waals surface area contributed by atoms with Gasteiger partial charge in [-0.3, -0.25) is 0 Å². The molecule has 0 fully saturated rings. The molecule has 1 rings (SSSR count). The third-order valence-corrected chi connectivity index (χ3v) is 4.28. The molecular weight excluding hydrogens is 271 g/mol. The first-order valence-corrected chi connectivity index (χ1v) is 7.75. The van der Waals surface area contributed by atoms with Crippen LogP contribution in [0.3, 0.4) is 0 Å². The molecule has 0 saturated heterocycles. The second kappa shape index (κ2) is 6.14. The molecule has 0 bridgehead atoms. The number of carboxylic acids is 1. The number of halogens is 1. The van der Waals surface area contributed by atoms with Gasteiger partial charge in [0.05, 0.1) is 17.1 Å². The summed E-state index contributed by atoms with van der Waals surface area (Å²) in [4.78, 5) is 10.8. The van der Waals surface area contributed by atoms with Gasteiger partial charge < -0.3 is 5.11 Å². The standard InChI is InChI=1S/C13H17FO4S/c1-9(2)5-6-19(17,18)8-11-7-10(13(15)16)3-4-12(11)14/h3-4,7,9H,5-6,8H2,1-2H3,(H,15,16). The Bertz CT molecular complexity index is 564. The van der Waals surface area contributed by atoms with Crippen molar-refractivity contribution >= 4 is 15.8 Å². The van der Waals surface area contributed by atoms with Gasteiger partial charge in [-0.15, -0.1) is 0 Å².